The minimum absolute atomic E-state index is 0.138. The third-order valence-corrected chi connectivity index (χ3v) is 5.66. The van der Waals surface area contributed by atoms with Crippen molar-refractivity contribution < 1.29 is 24.2 Å². The molecule has 2 N–H and O–H groups in total. The second kappa shape index (κ2) is 9.48. The third-order valence-electron chi connectivity index (χ3n) is 4.81. The Labute approximate surface area is 202 Å². The first-order valence-electron chi connectivity index (χ1n) is 9.69. The quantitative estimate of drug-likeness (QED) is 0.327. The van der Waals surface area contributed by atoms with Gasteiger partial charge in [-0.05, 0) is 75.6 Å². The highest BCUT2D eigenvalue weighted by Crippen LogP contribution is 2.29. The maximum absolute atomic E-state index is 12.8. The molecule has 1 heterocycles. The van der Waals surface area contributed by atoms with Crippen LogP contribution in [0.25, 0.3) is 6.08 Å². The first kappa shape index (κ1) is 22.6. The summed E-state index contributed by atoms with van der Waals surface area (Å²) < 4.78 is 6.46. The molecule has 0 unspecified atom stereocenters. The van der Waals surface area contributed by atoms with Crippen molar-refractivity contribution in [2.75, 3.05) is 4.90 Å². The van der Waals surface area contributed by atoms with Crippen LogP contribution in [0.15, 0.2) is 76.9 Å². The van der Waals surface area contributed by atoms with Crippen LogP contribution >= 0.6 is 27.5 Å². The Morgan fingerprint density at radius 2 is 1.85 bits per heavy atom. The number of urea groups is 1. The molecule has 3 aromatic rings. The first-order chi connectivity index (χ1) is 15.8. The second-order valence-electron chi connectivity index (χ2n) is 7.09. The number of aromatic carboxylic acids is 1. The lowest BCUT2D eigenvalue weighted by Crippen LogP contribution is -2.30. The van der Waals surface area contributed by atoms with Crippen molar-refractivity contribution >= 4 is 57.2 Å². The molecule has 1 aliphatic heterocycles. The molecule has 0 bridgehead atoms. The third kappa shape index (κ3) is 5.08. The largest absolute Gasteiger partial charge is 0.488 e. The summed E-state index contributed by atoms with van der Waals surface area (Å²) in [5.74, 6) is -0.895. The van der Waals surface area contributed by atoms with Gasteiger partial charge in [0.05, 0.1) is 15.7 Å². The first-order valence-corrected chi connectivity index (χ1v) is 10.9. The zero-order chi connectivity index (χ0) is 23.5. The van der Waals surface area contributed by atoms with Crippen molar-refractivity contribution in [1.82, 2.24) is 5.32 Å². The monoisotopic (exact) mass is 526 g/mol. The lowest BCUT2D eigenvalue weighted by atomic mass is 10.1. The highest BCUT2D eigenvalue weighted by molar-refractivity contribution is 9.10. The number of anilines is 1. The Balaban J connectivity index is 1.47. The van der Waals surface area contributed by atoms with Gasteiger partial charge in [0.2, 0.25) is 0 Å². The number of carbonyl (C=O) groups is 3. The number of hydrogen-bond acceptors (Lipinski definition) is 4. The fourth-order valence-corrected chi connectivity index (χ4v) is 3.88. The minimum Gasteiger partial charge on any atom is -0.488 e. The fourth-order valence-electron chi connectivity index (χ4n) is 3.18. The molecule has 7 nitrogen and oxygen atoms in total. The van der Waals surface area contributed by atoms with Gasteiger partial charge >= 0.3 is 12.0 Å². The lowest BCUT2D eigenvalue weighted by Gasteiger charge is -2.11. The average molecular weight is 528 g/mol. The number of halogens is 2. The zero-order valence-electron chi connectivity index (χ0n) is 16.9. The van der Waals surface area contributed by atoms with Crippen LogP contribution < -0.4 is 15.0 Å². The zero-order valence-corrected chi connectivity index (χ0v) is 19.3. The van der Waals surface area contributed by atoms with Crippen molar-refractivity contribution in [3.8, 4) is 5.75 Å². The molecule has 3 aromatic carbocycles. The number of carboxylic acid groups (broad SMARTS) is 1. The molecule has 0 spiro atoms. The summed E-state index contributed by atoms with van der Waals surface area (Å²) in [4.78, 5) is 37.1. The van der Waals surface area contributed by atoms with E-state index < -0.39 is 17.9 Å². The summed E-state index contributed by atoms with van der Waals surface area (Å²) in [6.45, 7) is 0.252. The van der Waals surface area contributed by atoms with E-state index in [1.54, 1.807) is 60.7 Å². The van der Waals surface area contributed by atoms with E-state index in [1.165, 1.54) is 12.1 Å². The Morgan fingerprint density at radius 1 is 1.09 bits per heavy atom. The van der Waals surface area contributed by atoms with Gasteiger partial charge in [-0.2, -0.15) is 0 Å². The molecule has 1 saturated heterocycles. The number of ether oxygens (including phenoxy) is 1. The van der Waals surface area contributed by atoms with Crippen molar-refractivity contribution in [3.63, 3.8) is 0 Å². The number of nitrogens with zero attached hydrogens (tertiary/aromatic N) is 1. The van der Waals surface area contributed by atoms with Crippen LogP contribution in [-0.4, -0.2) is 23.0 Å². The minimum atomic E-state index is -0.984. The van der Waals surface area contributed by atoms with Crippen LogP contribution in [0, 0.1) is 0 Å². The van der Waals surface area contributed by atoms with E-state index in [2.05, 4.69) is 21.2 Å². The Hall–Kier alpha value is -3.62. The van der Waals surface area contributed by atoms with Crippen LogP contribution in [0.4, 0.5) is 10.5 Å². The van der Waals surface area contributed by atoms with E-state index in [-0.39, 0.29) is 17.9 Å². The van der Waals surface area contributed by atoms with Gasteiger partial charge in [-0.1, -0.05) is 35.9 Å². The van der Waals surface area contributed by atoms with Crippen molar-refractivity contribution in [3.05, 3.63) is 98.6 Å². The molecule has 0 aliphatic carbocycles. The lowest BCUT2D eigenvalue weighted by molar-refractivity contribution is -0.113. The van der Waals surface area contributed by atoms with Crippen LogP contribution in [0.3, 0.4) is 0 Å². The summed E-state index contributed by atoms with van der Waals surface area (Å²) in [7, 11) is 0. The summed E-state index contributed by atoms with van der Waals surface area (Å²) in [6.07, 6.45) is 1.57. The van der Waals surface area contributed by atoms with E-state index in [0.29, 0.717) is 26.5 Å². The number of carboxylic acids is 1. The predicted octanol–water partition coefficient (Wildman–Crippen LogP) is 5.48. The molecule has 9 heteroatoms. The van der Waals surface area contributed by atoms with Gasteiger partial charge in [-0.15, -0.1) is 0 Å². The molecule has 1 fully saturated rings. The molecule has 3 amide bonds. The summed E-state index contributed by atoms with van der Waals surface area (Å²) in [6, 6.07) is 17.6. The van der Waals surface area contributed by atoms with Gasteiger partial charge in [-0.3, -0.25) is 4.79 Å². The van der Waals surface area contributed by atoms with Gasteiger partial charge in [0.1, 0.15) is 18.1 Å². The molecular formula is C24H16BrClN2O5. The fraction of sp³-hybridized carbons (Fsp3) is 0.0417. The van der Waals surface area contributed by atoms with Crippen LogP contribution in [-0.2, 0) is 11.4 Å². The van der Waals surface area contributed by atoms with Gasteiger partial charge < -0.3 is 15.2 Å². The average Bonchev–Trinajstić information content (AvgIpc) is 3.06. The number of amides is 3. The predicted molar refractivity (Wildman–Crippen MR) is 127 cm³/mol. The van der Waals surface area contributed by atoms with E-state index in [9.17, 15) is 14.4 Å². The Morgan fingerprint density at radius 3 is 2.52 bits per heavy atom. The van der Waals surface area contributed by atoms with Gasteiger partial charge in [0.15, 0.2) is 0 Å². The second-order valence-corrected chi connectivity index (χ2v) is 8.38. The van der Waals surface area contributed by atoms with E-state index >= 15 is 0 Å². The summed E-state index contributed by atoms with van der Waals surface area (Å²) in [5.41, 5.74) is 2.23. The number of nitrogens with one attached hydrogen (secondary N) is 1. The maximum atomic E-state index is 12.8. The molecule has 33 heavy (non-hydrogen) atoms. The van der Waals surface area contributed by atoms with Crippen molar-refractivity contribution in [1.29, 1.82) is 0 Å². The molecule has 166 valence electrons. The molecule has 4 rings (SSSR count). The molecule has 0 saturated carbocycles. The van der Waals surface area contributed by atoms with Crippen molar-refractivity contribution in [2.24, 2.45) is 0 Å². The molecule has 0 aromatic heterocycles. The van der Waals surface area contributed by atoms with Gasteiger partial charge in [0.25, 0.3) is 5.91 Å². The number of carbonyl (C=O) groups excluding carboxylic acids is 2. The van der Waals surface area contributed by atoms with Crippen LogP contribution in [0.2, 0.25) is 5.02 Å². The maximum Gasteiger partial charge on any atom is 0.335 e. The van der Waals surface area contributed by atoms with E-state index in [0.717, 1.165) is 10.5 Å². The number of benzene rings is 3. The smallest absolute Gasteiger partial charge is 0.335 e. The van der Waals surface area contributed by atoms with Gasteiger partial charge in [0, 0.05) is 5.02 Å². The van der Waals surface area contributed by atoms with Crippen LogP contribution in [0.5, 0.6) is 5.75 Å². The standard InChI is InChI=1S/C24H16BrClN2O5/c25-19-10-15(6-9-21(19)33-13-14-4-7-16(8-5-14)23(30)31)11-20-22(29)28(24(32)27-20)18-3-1-2-17(26)12-18/h1-12H,13H2,(H,27,32)(H,30,31). The molecule has 0 atom stereocenters. The SMILES string of the molecule is O=C(O)c1ccc(COc2ccc(C=C3NC(=O)N(c4cccc(Cl)c4)C3=O)cc2Br)cc1. The molecular weight excluding hydrogens is 512 g/mol. The number of rotatable bonds is 6. The Kier molecular flexibility index (Phi) is 6.48. The summed E-state index contributed by atoms with van der Waals surface area (Å²) in [5, 5.41) is 12.0. The Bertz CT molecular complexity index is 1290. The van der Waals surface area contributed by atoms with Crippen LogP contribution in [0.1, 0.15) is 21.5 Å². The normalized spacial score (nSPS) is 14.5. The number of imide groups is 1. The highest BCUT2D eigenvalue weighted by atomic mass is 79.9. The van der Waals surface area contributed by atoms with E-state index in [4.69, 9.17) is 21.4 Å². The van der Waals surface area contributed by atoms with E-state index in [1.807, 2.05) is 0 Å². The summed E-state index contributed by atoms with van der Waals surface area (Å²) >= 11 is 9.43. The number of hydrogen-bond donors (Lipinski definition) is 2. The molecule has 0 radical (unpaired) electrons. The highest BCUT2D eigenvalue weighted by Gasteiger charge is 2.34. The molecule has 1 aliphatic rings. The van der Waals surface area contributed by atoms with Crippen molar-refractivity contribution in [2.45, 2.75) is 6.61 Å². The van der Waals surface area contributed by atoms with Gasteiger partial charge in [-0.25, -0.2) is 14.5 Å². The topological polar surface area (TPSA) is 95.9 Å².